The second-order valence-corrected chi connectivity index (χ2v) is 12.7. The first-order chi connectivity index (χ1) is 13.2. The van der Waals surface area contributed by atoms with Gasteiger partial charge in [0.15, 0.2) is 5.79 Å². The Morgan fingerprint density at radius 2 is 1.82 bits per heavy atom. The summed E-state index contributed by atoms with van der Waals surface area (Å²) in [5.74, 6) is 2.13. The van der Waals surface area contributed by atoms with Gasteiger partial charge in [0.25, 0.3) is 0 Å². The first-order valence-corrected chi connectivity index (χ1v) is 11.9. The fourth-order valence-corrected chi connectivity index (χ4v) is 11.3. The summed E-state index contributed by atoms with van der Waals surface area (Å²) < 4.78 is 12.7. The molecule has 0 aromatic carbocycles. The molecule has 6 saturated carbocycles. The van der Waals surface area contributed by atoms with E-state index in [1.165, 1.54) is 51.5 Å². The van der Waals surface area contributed by atoms with Gasteiger partial charge in [0.1, 0.15) is 5.60 Å². The van der Waals surface area contributed by atoms with Crippen LogP contribution in [0.15, 0.2) is 0 Å². The molecule has 3 spiro atoms. The van der Waals surface area contributed by atoms with Gasteiger partial charge in [-0.3, -0.25) is 0 Å². The number of fused-ring (bicyclic) bond motifs is 1. The van der Waals surface area contributed by atoms with Crippen LogP contribution in [-0.4, -0.2) is 53.7 Å². The molecule has 4 heteroatoms. The summed E-state index contributed by atoms with van der Waals surface area (Å²) in [4.78, 5) is 2.75. The number of nitrogens with zero attached hydrogens (tertiary/aromatic N) is 1. The molecule has 0 aromatic rings. The van der Waals surface area contributed by atoms with Crippen LogP contribution in [0, 0.1) is 39.9 Å². The molecule has 0 radical (unpaired) electrons. The van der Waals surface area contributed by atoms with E-state index >= 15 is 0 Å². The summed E-state index contributed by atoms with van der Waals surface area (Å²) in [6, 6.07) is 0.690. The second kappa shape index (κ2) is 4.69. The van der Waals surface area contributed by atoms with Gasteiger partial charge in [-0.25, -0.2) is 0 Å². The quantitative estimate of drug-likeness (QED) is 0.692. The molecule has 8 rings (SSSR count). The van der Waals surface area contributed by atoms with Crippen molar-refractivity contribution in [3.63, 3.8) is 0 Å². The molecule has 2 heterocycles. The number of ether oxygens (including phenoxy) is 2. The molecule has 4 nitrogen and oxygen atoms in total. The van der Waals surface area contributed by atoms with E-state index in [4.69, 9.17) is 9.47 Å². The molecule has 28 heavy (non-hydrogen) atoms. The van der Waals surface area contributed by atoms with Crippen molar-refractivity contribution in [1.29, 1.82) is 0 Å². The molecule has 8 aliphatic rings. The number of hydrogen-bond acceptors (Lipinski definition) is 4. The van der Waals surface area contributed by atoms with Crippen molar-refractivity contribution in [2.24, 2.45) is 39.9 Å². The van der Waals surface area contributed by atoms with Crippen molar-refractivity contribution < 1.29 is 14.6 Å². The Hall–Kier alpha value is -0.160. The third-order valence-corrected chi connectivity index (χ3v) is 11.5. The van der Waals surface area contributed by atoms with Crippen molar-refractivity contribution in [2.75, 3.05) is 20.2 Å². The van der Waals surface area contributed by atoms with Gasteiger partial charge >= 0.3 is 0 Å². The highest BCUT2D eigenvalue weighted by molar-refractivity contribution is 5.34. The maximum absolute atomic E-state index is 12.1. The predicted octanol–water partition coefficient (Wildman–Crippen LogP) is 3.43. The molecule has 7 bridgehead atoms. The Labute approximate surface area is 169 Å². The molecule has 2 saturated heterocycles. The zero-order chi connectivity index (χ0) is 19.3. The van der Waals surface area contributed by atoms with E-state index in [0.29, 0.717) is 41.2 Å². The zero-order valence-corrected chi connectivity index (χ0v) is 18.0. The van der Waals surface area contributed by atoms with Crippen molar-refractivity contribution in [3.05, 3.63) is 0 Å². The number of aliphatic hydroxyl groups excluding tert-OH is 1. The van der Waals surface area contributed by atoms with Crippen LogP contribution < -0.4 is 0 Å². The van der Waals surface area contributed by atoms with E-state index in [-0.39, 0.29) is 11.5 Å². The Balaban J connectivity index is 1.39. The highest BCUT2D eigenvalue weighted by Crippen LogP contribution is 2.84. The fraction of sp³-hybridized carbons (Fsp3) is 1.00. The third kappa shape index (κ3) is 1.54. The SMILES string of the molecule is CN1CC2(C)CCCC34C1C(CC23)C12CCC(CC41)C1(COC(C)(C)O1)C2O. The van der Waals surface area contributed by atoms with E-state index in [9.17, 15) is 5.11 Å². The monoisotopic (exact) mass is 387 g/mol. The van der Waals surface area contributed by atoms with Gasteiger partial charge in [-0.05, 0) is 93.9 Å². The van der Waals surface area contributed by atoms with Crippen LogP contribution in [-0.2, 0) is 9.47 Å². The lowest BCUT2D eigenvalue weighted by Gasteiger charge is -2.69. The molecule has 156 valence electrons. The molecular weight excluding hydrogens is 350 g/mol. The summed E-state index contributed by atoms with van der Waals surface area (Å²) >= 11 is 0. The average molecular weight is 388 g/mol. The Bertz CT molecular complexity index is 754. The first kappa shape index (κ1) is 17.5. The summed E-state index contributed by atoms with van der Waals surface area (Å²) in [5.41, 5.74) is 0.565. The molecule has 10 atom stereocenters. The number of likely N-dealkylation sites (tertiary alicyclic amines) is 1. The van der Waals surface area contributed by atoms with Crippen molar-refractivity contribution in [1.82, 2.24) is 4.90 Å². The summed E-state index contributed by atoms with van der Waals surface area (Å²) in [5, 5.41) is 12.1. The van der Waals surface area contributed by atoms with E-state index in [2.05, 4.69) is 18.9 Å². The zero-order valence-electron chi connectivity index (χ0n) is 18.0. The molecule has 8 fully saturated rings. The normalized spacial score (nSPS) is 65.9. The van der Waals surface area contributed by atoms with Crippen LogP contribution in [0.1, 0.15) is 65.7 Å². The lowest BCUT2D eigenvalue weighted by Crippen LogP contribution is -2.72. The van der Waals surface area contributed by atoms with Crippen LogP contribution >= 0.6 is 0 Å². The topological polar surface area (TPSA) is 41.9 Å². The van der Waals surface area contributed by atoms with Gasteiger partial charge in [-0.15, -0.1) is 0 Å². The number of piperidine rings is 1. The maximum Gasteiger partial charge on any atom is 0.163 e. The molecule has 1 N–H and O–H groups in total. The molecule has 0 amide bonds. The second-order valence-electron chi connectivity index (χ2n) is 12.7. The van der Waals surface area contributed by atoms with Gasteiger partial charge in [0.05, 0.1) is 12.7 Å². The van der Waals surface area contributed by atoms with Gasteiger partial charge in [-0.1, -0.05) is 13.3 Å². The lowest BCUT2D eigenvalue weighted by molar-refractivity contribution is -0.295. The lowest BCUT2D eigenvalue weighted by atomic mass is 9.38. The molecule has 6 aliphatic carbocycles. The number of rotatable bonds is 0. The van der Waals surface area contributed by atoms with Crippen LogP contribution in [0.4, 0.5) is 0 Å². The molecule has 10 unspecified atom stereocenters. The van der Waals surface area contributed by atoms with E-state index in [0.717, 1.165) is 5.92 Å². The van der Waals surface area contributed by atoms with Crippen LogP contribution in [0.2, 0.25) is 0 Å². The maximum atomic E-state index is 12.1. The Morgan fingerprint density at radius 3 is 2.57 bits per heavy atom. The molecular formula is C24H37NO3. The highest BCUT2D eigenvalue weighted by atomic mass is 16.8. The Kier molecular flexibility index (Phi) is 2.93. The van der Waals surface area contributed by atoms with Crippen LogP contribution in [0.5, 0.6) is 0 Å². The van der Waals surface area contributed by atoms with Crippen molar-refractivity contribution in [3.8, 4) is 0 Å². The first-order valence-electron chi connectivity index (χ1n) is 11.9. The largest absolute Gasteiger partial charge is 0.389 e. The molecule has 2 aliphatic heterocycles. The number of hydrogen-bond donors (Lipinski definition) is 1. The van der Waals surface area contributed by atoms with Gasteiger partial charge in [0.2, 0.25) is 0 Å². The summed E-state index contributed by atoms with van der Waals surface area (Å²) in [6.07, 6.45) is 8.91. The molecule has 0 aromatic heterocycles. The fourth-order valence-electron chi connectivity index (χ4n) is 11.3. The van der Waals surface area contributed by atoms with Gasteiger partial charge in [0, 0.05) is 18.0 Å². The van der Waals surface area contributed by atoms with Crippen molar-refractivity contribution in [2.45, 2.75) is 89.3 Å². The third-order valence-electron chi connectivity index (χ3n) is 11.5. The van der Waals surface area contributed by atoms with E-state index in [1.807, 2.05) is 13.8 Å². The number of aliphatic hydroxyl groups is 1. The minimum absolute atomic E-state index is 0.0660. The minimum atomic E-state index is -0.559. The van der Waals surface area contributed by atoms with E-state index < -0.39 is 11.4 Å². The smallest absolute Gasteiger partial charge is 0.163 e. The van der Waals surface area contributed by atoms with Crippen LogP contribution in [0.25, 0.3) is 0 Å². The Morgan fingerprint density at radius 1 is 1.00 bits per heavy atom. The minimum Gasteiger partial charge on any atom is -0.389 e. The van der Waals surface area contributed by atoms with Gasteiger partial charge < -0.3 is 19.5 Å². The summed E-state index contributed by atoms with van der Waals surface area (Å²) in [6.45, 7) is 8.49. The predicted molar refractivity (Wildman–Crippen MR) is 106 cm³/mol. The summed E-state index contributed by atoms with van der Waals surface area (Å²) in [7, 11) is 2.40. The highest BCUT2D eigenvalue weighted by Gasteiger charge is 2.85. The van der Waals surface area contributed by atoms with E-state index in [1.54, 1.807) is 0 Å². The van der Waals surface area contributed by atoms with Crippen LogP contribution in [0.3, 0.4) is 0 Å². The standard InChI is InChI=1S/C24H37NO3/c1-20(2)27-13-24(28-20)14-6-9-22(19(24)26)15-11-16-21(3)7-5-8-23(16,17(22)10-14)18(15)25(4)12-21/h14-19,26H,5-13H2,1-4H3. The average Bonchev–Trinajstić information content (AvgIpc) is 3.20. The van der Waals surface area contributed by atoms with Crippen molar-refractivity contribution >= 4 is 0 Å². The van der Waals surface area contributed by atoms with Gasteiger partial charge in [-0.2, -0.15) is 0 Å².